The van der Waals surface area contributed by atoms with Crippen LogP contribution in [0, 0.1) is 5.82 Å². The number of aromatic nitrogens is 3. The number of methoxy groups -OCH3 is 1. The molecule has 3 aromatic carbocycles. The lowest BCUT2D eigenvalue weighted by Gasteiger charge is -2.18. The van der Waals surface area contributed by atoms with Crippen LogP contribution < -0.4 is 10.1 Å². The minimum Gasteiger partial charge on any atom is -0.497 e. The minimum absolute atomic E-state index is 0.0965. The zero-order chi connectivity index (χ0) is 23.9. The quantitative estimate of drug-likeness (QED) is 0.326. The van der Waals surface area contributed by atoms with E-state index in [0.29, 0.717) is 11.0 Å². The third-order valence-corrected chi connectivity index (χ3v) is 6.27. The molecule has 1 unspecified atom stereocenters. The maximum atomic E-state index is 13.4. The van der Waals surface area contributed by atoms with Crippen molar-refractivity contribution in [3.63, 3.8) is 0 Å². The van der Waals surface area contributed by atoms with Crippen LogP contribution in [0.15, 0.2) is 84.0 Å². The van der Waals surface area contributed by atoms with E-state index in [1.807, 2.05) is 66.1 Å². The molecule has 1 N–H and O–H groups in total. The summed E-state index contributed by atoms with van der Waals surface area (Å²) < 4.78 is 20.5. The highest BCUT2D eigenvalue weighted by Gasteiger charge is 2.19. The summed E-state index contributed by atoms with van der Waals surface area (Å²) in [5, 5.41) is 12.3. The predicted octanol–water partition coefficient (Wildman–Crippen LogP) is 5.44. The number of amides is 1. The number of rotatable bonds is 9. The van der Waals surface area contributed by atoms with Crippen LogP contribution in [0.4, 0.5) is 4.39 Å². The summed E-state index contributed by atoms with van der Waals surface area (Å²) in [4.78, 5) is 12.8. The van der Waals surface area contributed by atoms with E-state index in [1.54, 1.807) is 19.2 Å². The summed E-state index contributed by atoms with van der Waals surface area (Å²) in [5.41, 5.74) is 2.62. The molecular formula is C26H25FN4O2S. The van der Waals surface area contributed by atoms with Gasteiger partial charge in [-0.2, -0.15) is 0 Å². The first kappa shape index (κ1) is 23.5. The van der Waals surface area contributed by atoms with Crippen molar-refractivity contribution >= 4 is 17.7 Å². The molecule has 8 heteroatoms. The summed E-state index contributed by atoms with van der Waals surface area (Å²) in [6.45, 7) is 2.03. The Bertz CT molecular complexity index is 1230. The molecule has 0 saturated carbocycles. The van der Waals surface area contributed by atoms with E-state index in [4.69, 9.17) is 4.74 Å². The zero-order valence-electron chi connectivity index (χ0n) is 18.9. The van der Waals surface area contributed by atoms with Gasteiger partial charge in [0.25, 0.3) is 0 Å². The highest BCUT2D eigenvalue weighted by Crippen LogP contribution is 2.28. The molecule has 6 nitrogen and oxygen atoms in total. The molecule has 1 atom stereocenters. The molecule has 0 aliphatic rings. The van der Waals surface area contributed by atoms with Gasteiger partial charge in [0.2, 0.25) is 5.91 Å². The molecule has 0 spiro atoms. The maximum Gasteiger partial charge on any atom is 0.230 e. The lowest BCUT2D eigenvalue weighted by molar-refractivity contribution is -0.119. The second kappa shape index (κ2) is 11.0. The molecule has 0 radical (unpaired) electrons. The Morgan fingerprint density at radius 2 is 1.74 bits per heavy atom. The number of hydrogen-bond acceptors (Lipinski definition) is 5. The van der Waals surface area contributed by atoms with Crippen LogP contribution in [0.25, 0.3) is 17.1 Å². The fraction of sp³-hybridized carbons (Fsp3) is 0.192. The van der Waals surface area contributed by atoms with Gasteiger partial charge in [-0.15, -0.1) is 10.2 Å². The Morgan fingerprint density at radius 1 is 1.03 bits per heavy atom. The number of hydrogen-bond donors (Lipinski definition) is 1. The van der Waals surface area contributed by atoms with Crippen LogP contribution in [0.3, 0.4) is 0 Å². The molecule has 174 valence electrons. The van der Waals surface area contributed by atoms with Crippen molar-refractivity contribution in [1.29, 1.82) is 0 Å². The van der Waals surface area contributed by atoms with Gasteiger partial charge in [-0.05, 0) is 60.5 Å². The van der Waals surface area contributed by atoms with Crippen LogP contribution >= 0.6 is 11.8 Å². The van der Waals surface area contributed by atoms with Crippen molar-refractivity contribution in [2.75, 3.05) is 12.9 Å². The van der Waals surface area contributed by atoms with E-state index in [9.17, 15) is 9.18 Å². The summed E-state index contributed by atoms with van der Waals surface area (Å²) in [6, 6.07) is 23.4. The van der Waals surface area contributed by atoms with Crippen LogP contribution in [0.2, 0.25) is 0 Å². The Kier molecular flexibility index (Phi) is 7.59. The van der Waals surface area contributed by atoms with Crippen LogP contribution in [-0.2, 0) is 4.79 Å². The van der Waals surface area contributed by atoms with Gasteiger partial charge < -0.3 is 10.1 Å². The standard InChI is InChI=1S/C26H25FN4O2S/c1-3-23(18-11-15-22(33-2)16-12-18)28-24(32)17-34-26-30-29-25(19-9-13-20(27)14-10-19)31(26)21-7-5-4-6-8-21/h4-16,23H,3,17H2,1-2H3,(H,28,32). The lowest BCUT2D eigenvalue weighted by atomic mass is 10.0. The SMILES string of the molecule is CCC(NC(=O)CSc1nnc(-c2ccc(F)cc2)n1-c1ccccc1)c1ccc(OC)cc1. The number of benzene rings is 3. The average Bonchev–Trinajstić information content (AvgIpc) is 3.31. The molecule has 0 aliphatic heterocycles. The molecule has 0 fully saturated rings. The number of halogens is 1. The highest BCUT2D eigenvalue weighted by molar-refractivity contribution is 7.99. The first-order valence-corrected chi connectivity index (χ1v) is 11.9. The molecular weight excluding hydrogens is 451 g/mol. The number of carbonyl (C=O) groups is 1. The van der Waals surface area contributed by atoms with Crippen LogP contribution in [0.1, 0.15) is 24.9 Å². The average molecular weight is 477 g/mol. The number of nitrogens with one attached hydrogen (secondary N) is 1. The van der Waals surface area contributed by atoms with E-state index in [2.05, 4.69) is 15.5 Å². The van der Waals surface area contributed by atoms with Crippen molar-refractivity contribution in [3.05, 3.63) is 90.2 Å². The molecule has 0 saturated heterocycles. The van der Waals surface area contributed by atoms with Gasteiger partial charge >= 0.3 is 0 Å². The first-order valence-electron chi connectivity index (χ1n) is 10.9. The van der Waals surface area contributed by atoms with E-state index in [-0.39, 0.29) is 23.5 Å². The summed E-state index contributed by atoms with van der Waals surface area (Å²) in [7, 11) is 1.63. The summed E-state index contributed by atoms with van der Waals surface area (Å²) in [6.07, 6.45) is 0.762. The normalized spacial score (nSPS) is 11.7. The van der Waals surface area contributed by atoms with Crippen LogP contribution in [-0.4, -0.2) is 33.5 Å². The molecule has 1 heterocycles. The van der Waals surface area contributed by atoms with Crippen molar-refractivity contribution in [1.82, 2.24) is 20.1 Å². The summed E-state index contributed by atoms with van der Waals surface area (Å²) in [5.74, 6) is 1.12. The van der Waals surface area contributed by atoms with E-state index in [0.717, 1.165) is 29.0 Å². The Balaban J connectivity index is 1.52. The van der Waals surface area contributed by atoms with Gasteiger partial charge in [0, 0.05) is 11.3 Å². The molecule has 1 aromatic heterocycles. The summed E-state index contributed by atoms with van der Waals surface area (Å²) >= 11 is 1.31. The topological polar surface area (TPSA) is 69.0 Å². The van der Waals surface area contributed by atoms with E-state index < -0.39 is 0 Å². The minimum atomic E-state index is -0.317. The molecule has 4 aromatic rings. The van der Waals surface area contributed by atoms with Crippen molar-refractivity contribution < 1.29 is 13.9 Å². The Morgan fingerprint density at radius 3 is 2.38 bits per heavy atom. The monoisotopic (exact) mass is 476 g/mol. The predicted molar refractivity (Wildman–Crippen MR) is 132 cm³/mol. The van der Waals surface area contributed by atoms with Crippen molar-refractivity contribution in [2.45, 2.75) is 24.5 Å². The number of carbonyl (C=O) groups excluding carboxylic acids is 1. The third kappa shape index (κ3) is 5.46. The molecule has 1 amide bonds. The van der Waals surface area contributed by atoms with Gasteiger partial charge in [0.05, 0.1) is 18.9 Å². The number of para-hydroxylation sites is 1. The largest absolute Gasteiger partial charge is 0.497 e. The smallest absolute Gasteiger partial charge is 0.230 e. The molecule has 34 heavy (non-hydrogen) atoms. The molecule has 4 rings (SSSR count). The molecule has 0 aliphatic carbocycles. The van der Waals surface area contributed by atoms with Gasteiger partial charge in [0.15, 0.2) is 11.0 Å². The second-order valence-electron chi connectivity index (χ2n) is 7.57. The van der Waals surface area contributed by atoms with Gasteiger partial charge in [-0.1, -0.05) is 49.0 Å². The van der Waals surface area contributed by atoms with Gasteiger partial charge in [0.1, 0.15) is 11.6 Å². The third-order valence-electron chi connectivity index (χ3n) is 5.34. The number of ether oxygens (including phenoxy) is 1. The first-order chi connectivity index (χ1) is 16.6. The van der Waals surface area contributed by atoms with E-state index in [1.165, 1.54) is 23.9 Å². The van der Waals surface area contributed by atoms with E-state index >= 15 is 0 Å². The fourth-order valence-electron chi connectivity index (χ4n) is 3.58. The Hall–Kier alpha value is -3.65. The second-order valence-corrected chi connectivity index (χ2v) is 8.52. The molecule has 0 bridgehead atoms. The zero-order valence-corrected chi connectivity index (χ0v) is 19.8. The number of thioether (sulfide) groups is 1. The fourth-order valence-corrected chi connectivity index (χ4v) is 4.35. The van der Waals surface area contributed by atoms with Gasteiger partial charge in [-0.3, -0.25) is 9.36 Å². The van der Waals surface area contributed by atoms with Crippen molar-refractivity contribution in [2.24, 2.45) is 0 Å². The van der Waals surface area contributed by atoms with Crippen molar-refractivity contribution in [3.8, 4) is 22.8 Å². The lowest BCUT2D eigenvalue weighted by Crippen LogP contribution is -2.29. The maximum absolute atomic E-state index is 13.4. The highest BCUT2D eigenvalue weighted by atomic mass is 32.2. The van der Waals surface area contributed by atoms with Gasteiger partial charge in [-0.25, -0.2) is 4.39 Å². The van der Waals surface area contributed by atoms with Crippen LogP contribution in [0.5, 0.6) is 5.75 Å². The Labute approximate surface area is 202 Å². The number of nitrogens with zero attached hydrogens (tertiary/aromatic N) is 3.